The molecule has 0 saturated carbocycles. The van der Waals surface area contributed by atoms with Crippen LogP contribution in [0.15, 0.2) is 47.4 Å². The third-order valence-electron chi connectivity index (χ3n) is 3.22. The van der Waals surface area contributed by atoms with E-state index in [0.29, 0.717) is 5.75 Å². The number of hydrogen-bond acceptors (Lipinski definition) is 3. The van der Waals surface area contributed by atoms with Crippen molar-refractivity contribution in [2.24, 2.45) is 0 Å². The number of hydrogen-bond donors (Lipinski definition) is 2. The monoisotopic (exact) mass is 301 g/mol. The van der Waals surface area contributed by atoms with Gasteiger partial charge < -0.3 is 10.4 Å². The van der Waals surface area contributed by atoms with E-state index in [1.807, 2.05) is 56.3 Å². The lowest BCUT2D eigenvalue weighted by molar-refractivity contribution is -0.113. The van der Waals surface area contributed by atoms with E-state index in [1.54, 1.807) is 0 Å². The molecule has 0 aromatic heterocycles. The molecule has 0 bridgehead atoms. The van der Waals surface area contributed by atoms with Gasteiger partial charge in [0.2, 0.25) is 5.91 Å². The van der Waals surface area contributed by atoms with Crippen molar-refractivity contribution in [2.45, 2.75) is 25.3 Å². The Balaban J connectivity index is 1.92. The normalized spacial score (nSPS) is 10.4. The van der Waals surface area contributed by atoms with Gasteiger partial charge in [-0.3, -0.25) is 4.79 Å². The number of aliphatic hydroxyl groups is 1. The third kappa shape index (κ3) is 4.34. The second-order valence-electron chi connectivity index (χ2n) is 4.91. The van der Waals surface area contributed by atoms with Crippen molar-refractivity contribution in [1.29, 1.82) is 0 Å². The molecule has 0 aliphatic carbocycles. The average molecular weight is 301 g/mol. The van der Waals surface area contributed by atoms with Gasteiger partial charge in [-0.15, -0.1) is 11.8 Å². The molecule has 2 rings (SSSR count). The first-order valence-electron chi connectivity index (χ1n) is 6.79. The Morgan fingerprint density at radius 1 is 1.10 bits per heavy atom. The molecular weight excluding hydrogens is 282 g/mol. The van der Waals surface area contributed by atoms with E-state index in [1.165, 1.54) is 11.8 Å². The summed E-state index contributed by atoms with van der Waals surface area (Å²) >= 11 is 1.49. The number of nitrogens with one attached hydrogen (secondary N) is 1. The Bertz CT molecular complexity index is 603. The fourth-order valence-electron chi connectivity index (χ4n) is 2.03. The van der Waals surface area contributed by atoms with Gasteiger partial charge in [-0.05, 0) is 42.7 Å². The van der Waals surface area contributed by atoms with Crippen LogP contribution < -0.4 is 5.32 Å². The molecule has 110 valence electrons. The minimum atomic E-state index is -0.0105. The minimum Gasteiger partial charge on any atom is -0.392 e. The maximum absolute atomic E-state index is 12.0. The number of aryl methyl sites for hydroxylation is 2. The zero-order valence-corrected chi connectivity index (χ0v) is 13.0. The zero-order valence-electron chi connectivity index (χ0n) is 12.2. The fraction of sp³-hybridized carbons (Fsp3) is 0.235. The van der Waals surface area contributed by atoms with Crippen LogP contribution in [0.3, 0.4) is 0 Å². The fourth-order valence-corrected chi connectivity index (χ4v) is 2.73. The maximum atomic E-state index is 12.0. The van der Waals surface area contributed by atoms with Crippen LogP contribution >= 0.6 is 11.8 Å². The largest absolute Gasteiger partial charge is 0.392 e. The molecule has 2 N–H and O–H groups in total. The summed E-state index contributed by atoms with van der Waals surface area (Å²) in [4.78, 5) is 13.1. The van der Waals surface area contributed by atoms with Crippen LogP contribution in [-0.4, -0.2) is 16.8 Å². The second-order valence-corrected chi connectivity index (χ2v) is 5.95. The van der Waals surface area contributed by atoms with Crippen molar-refractivity contribution in [3.05, 3.63) is 59.2 Å². The summed E-state index contributed by atoms with van der Waals surface area (Å²) in [6.45, 7) is 4.02. The van der Waals surface area contributed by atoms with Gasteiger partial charge in [0.05, 0.1) is 12.4 Å². The summed E-state index contributed by atoms with van der Waals surface area (Å²) in [5.41, 5.74) is 3.92. The van der Waals surface area contributed by atoms with Gasteiger partial charge in [0, 0.05) is 10.6 Å². The SMILES string of the molecule is Cc1cccc(C)c1NC(=O)CSc1ccc(CO)cc1. The van der Waals surface area contributed by atoms with Crippen LogP contribution in [-0.2, 0) is 11.4 Å². The van der Waals surface area contributed by atoms with E-state index in [0.717, 1.165) is 27.3 Å². The number of thioether (sulfide) groups is 1. The maximum Gasteiger partial charge on any atom is 0.234 e. The van der Waals surface area contributed by atoms with E-state index >= 15 is 0 Å². The molecule has 3 nitrogen and oxygen atoms in total. The molecule has 0 unspecified atom stereocenters. The van der Waals surface area contributed by atoms with Crippen molar-refractivity contribution < 1.29 is 9.90 Å². The van der Waals surface area contributed by atoms with Crippen LogP contribution in [0.25, 0.3) is 0 Å². The van der Waals surface area contributed by atoms with Gasteiger partial charge in [0.1, 0.15) is 0 Å². The second kappa shape index (κ2) is 7.29. The van der Waals surface area contributed by atoms with E-state index in [4.69, 9.17) is 5.11 Å². The van der Waals surface area contributed by atoms with Gasteiger partial charge in [0.15, 0.2) is 0 Å². The molecule has 4 heteroatoms. The zero-order chi connectivity index (χ0) is 15.2. The molecule has 0 atom stereocenters. The molecule has 0 saturated heterocycles. The third-order valence-corrected chi connectivity index (χ3v) is 4.23. The number of rotatable bonds is 5. The highest BCUT2D eigenvalue weighted by Crippen LogP contribution is 2.22. The molecular formula is C17H19NO2S. The van der Waals surface area contributed by atoms with Crippen molar-refractivity contribution in [2.75, 3.05) is 11.1 Å². The first-order chi connectivity index (χ1) is 10.1. The number of carbonyl (C=O) groups is 1. The molecule has 0 aliphatic rings. The van der Waals surface area contributed by atoms with E-state index in [2.05, 4.69) is 5.32 Å². The van der Waals surface area contributed by atoms with E-state index in [-0.39, 0.29) is 12.5 Å². The number of benzene rings is 2. The van der Waals surface area contributed by atoms with Gasteiger partial charge in [0.25, 0.3) is 0 Å². The van der Waals surface area contributed by atoms with Crippen LogP contribution in [0.4, 0.5) is 5.69 Å². The lowest BCUT2D eigenvalue weighted by Gasteiger charge is -2.11. The Labute approximate surface area is 129 Å². The van der Waals surface area contributed by atoms with Crippen LogP contribution in [0.2, 0.25) is 0 Å². The summed E-state index contributed by atoms with van der Waals surface area (Å²) < 4.78 is 0. The number of carbonyl (C=O) groups excluding carboxylic acids is 1. The first kappa shape index (κ1) is 15.6. The summed E-state index contributed by atoms with van der Waals surface area (Å²) in [6, 6.07) is 13.5. The lowest BCUT2D eigenvalue weighted by atomic mass is 10.1. The number of para-hydroxylation sites is 1. The van der Waals surface area contributed by atoms with Crippen LogP contribution in [0.1, 0.15) is 16.7 Å². The quantitative estimate of drug-likeness (QED) is 0.831. The number of aliphatic hydroxyl groups excluding tert-OH is 1. The standard InChI is InChI=1S/C17H19NO2S/c1-12-4-3-5-13(2)17(12)18-16(20)11-21-15-8-6-14(10-19)7-9-15/h3-9,19H,10-11H2,1-2H3,(H,18,20). The molecule has 2 aromatic carbocycles. The predicted molar refractivity (Wildman–Crippen MR) is 87.6 cm³/mol. The average Bonchev–Trinajstić information content (AvgIpc) is 2.49. The highest BCUT2D eigenvalue weighted by atomic mass is 32.2. The molecule has 1 amide bonds. The van der Waals surface area contributed by atoms with Crippen molar-refractivity contribution >= 4 is 23.4 Å². The molecule has 0 fully saturated rings. The molecule has 0 radical (unpaired) electrons. The van der Waals surface area contributed by atoms with Crippen LogP contribution in [0.5, 0.6) is 0 Å². The summed E-state index contributed by atoms with van der Waals surface area (Å²) in [7, 11) is 0. The van der Waals surface area contributed by atoms with E-state index in [9.17, 15) is 4.79 Å². The highest BCUT2D eigenvalue weighted by molar-refractivity contribution is 8.00. The van der Waals surface area contributed by atoms with Gasteiger partial charge in [-0.2, -0.15) is 0 Å². The predicted octanol–water partition coefficient (Wildman–Crippen LogP) is 3.53. The molecule has 0 heterocycles. The molecule has 0 spiro atoms. The highest BCUT2D eigenvalue weighted by Gasteiger charge is 2.07. The summed E-state index contributed by atoms with van der Waals surface area (Å²) in [5.74, 6) is 0.357. The topological polar surface area (TPSA) is 49.3 Å². The molecule has 21 heavy (non-hydrogen) atoms. The van der Waals surface area contributed by atoms with Crippen molar-refractivity contribution in [3.63, 3.8) is 0 Å². The minimum absolute atomic E-state index is 0.0105. The van der Waals surface area contributed by atoms with Gasteiger partial charge in [-0.1, -0.05) is 30.3 Å². The van der Waals surface area contributed by atoms with Crippen molar-refractivity contribution in [1.82, 2.24) is 0 Å². The smallest absolute Gasteiger partial charge is 0.234 e. The summed E-state index contributed by atoms with van der Waals surface area (Å²) in [6.07, 6.45) is 0. The number of amides is 1. The Morgan fingerprint density at radius 2 is 1.71 bits per heavy atom. The Hall–Kier alpha value is -1.78. The van der Waals surface area contributed by atoms with Crippen LogP contribution in [0, 0.1) is 13.8 Å². The molecule has 2 aromatic rings. The lowest BCUT2D eigenvalue weighted by Crippen LogP contribution is -2.15. The van der Waals surface area contributed by atoms with Gasteiger partial charge in [-0.25, -0.2) is 0 Å². The Kier molecular flexibility index (Phi) is 5.42. The summed E-state index contributed by atoms with van der Waals surface area (Å²) in [5, 5.41) is 12.0. The number of anilines is 1. The van der Waals surface area contributed by atoms with Gasteiger partial charge >= 0.3 is 0 Å². The Morgan fingerprint density at radius 3 is 2.29 bits per heavy atom. The first-order valence-corrected chi connectivity index (χ1v) is 7.77. The molecule has 0 aliphatic heterocycles. The van der Waals surface area contributed by atoms with E-state index < -0.39 is 0 Å². The van der Waals surface area contributed by atoms with Crippen molar-refractivity contribution in [3.8, 4) is 0 Å².